The largest absolute Gasteiger partial charge is 1.00 e. The molecule has 2 aromatic heterocycles. The van der Waals surface area contributed by atoms with Crippen molar-refractivity contribution in [2.75, 3.05) is 21.1 Å². The molecule has 4 rings (SSSR count). The van der Waals surface area contributed by atoms with Crippen LogP contribution >= 0.6 is 22.7 Å². The third-order valence-corrected chi connectivity index (χ3v) is 7.97. The third-order valence-electron chi connectivity index (χ3n) is 6.01. The zero-order valence-corrected chi connectivity index (χ0v) is 19.0. The van der Waals surface area contributed by atoms with Crippen LogP contribution in [0.4, 0.5) is 0 Å². The minimum Gasteiger partial charge on any atom is -1.00 e. The Morgan fingerprint density at radius 1 is 1.15 bits per heavy atom. The van der Waals surface area contributed by atoms with E-state index in [1.54, 1.807) is 12.1 Å². The number of hydrogen-bond donors (Lipinski definition) is 1. The van der Waals surface area contributed by atoms with Gasteiger partial charge in [-0.2, -0.15) is 0 Å². The van der Waals surface area contributed by atoms with Crippen LogP contribution in [0.25, 0.3) is 0 Å². The summed E-state index contributed by atoms with van der Waals surface area (Å²) >= 11 is 2.77. The minimum absolute atomic E-state index is 0. The van der Waals surface area contributed by atoms with Crippen molar-refractivity contribution < 1.29 is 36.1 Å². The van der Waals surface area contributed by atoms with Gasteiger partial charge in [-0.25, -0.2) is 4.79 Å². The maximum atomic E-state index is 13.2. The van der Waals surface area contributed by atoms with Gasteiger partial charge in [0.2, 0.25) is 5.60 Å². The standard InChI is InChI=1S/C20H26NO3S2.BrH/c1-21(2,3)18-13-8-9-14(18)15(12-13)24-19(22)20(23,16-6-4-10-25-16)17-7-5-11-26-17;/h4-7,10-11,13-15,18,23H,8-9,12H2,1-3H3;1H/q+1;/p-1. The fraction of sp³-hybridized carbons (Fsp3) is 0.550. The summed E-state index contributed by atoms with van der Waals surface area (Å²) in [7, 11) is 6.69. The van der Waals surface area contributed by atoms with E-state index in [9.17, 15) is 9.90 Å². The van der Waals surface area contributed by atoms with Crippen LogP contribution in [0, 0.1) is 11.8 Å². The second-order valence-electron chi connectivity index (χ2n) is 8.45. The van der Waals surface area contributed by atoms with Gasteiger partial charge >= 0.3 is 5.97 Å². The smallest absolute Gasteiger partial charge is 0.349 e. The first-order chi connectivity index (χ1) is 12.3. The molecule has 2 saturated carbocycles. The van der Waals surface area contributed by atoms with Crippen LogP contribution in [0.1, 0.15) is 29.0 Å². The number of aliphatic hydroxyl groups is 1. The predicted octanol–water partition coefficient (Wildman–Crippen LogP) is 0.466. The highest BCUT2D eigenvalue weighted by molar-refractivity contribution is 7.12. The molecule has 2 heterocycles. The average molecular weight is 472 g/mol. The fourth-order valence-electron chi connectivity index (χ4n) is 5.09. The highest BCUT2D eigenvalue weighted by Gasteiger charge is 2.57. The van der Waals surface area contributed by atoms with Crippen LogP contribution in [0.5, 0.6) is 0 Å². The summed E-state index contributed by atoms with van der Waals surface area (Å²) in [6.07, 6.45) is 3.16. The lowest BCUT2D eigenvalue weighted by atomic mass is 9.96. The maximum absolute atomic E-state index is 13.2. The van der Waals surface area contributed by atoms with Crippen molar-refractivity contribution in [2.24, 2.45) is 11.8 Å². The number of esters is 1. The summed E-state index contributed by atoms with van der Waals surface area (Å²) in [5, 5.41) is 15.2. The van der Waals surface area contributed by atoms with E-state index >= 15 is 0 Å². The third kappa shape index (κ3) is 3.53. The van der Waals surface area contributed by atoms with Crippen molar-refractivity contribution in [3.63, 3.8) is 0 Å². The van der Waals surface area contributed by atoms with Gasteiger partial charge in [0.15, 0.2) is 0 Å². The van der Waals surface area contributed by atoms with Crippen LogP contribution in [0.3, 0.4) is 0 Å². The topological polar surface area (TPSA) is 46.5 Å². The maximum Gasteiger partial charge on any atom is 0.349 e. The molecule has 2 fully saturated rings. The first-order valence-electron chi connectivity index (χ1n) is 9.14. The van der Waals surface area contributed by atoms with Crippen molar-refractivity contribution in [1.82, 2.24) is 0 Å². The Labute approximate surface area is 179 Å². The number of halogens is 1. The van der Waals surface area contributed by atoms with Gasteiger partial charge in [0.25, 0.3) is 0 Å². The van der Waals surface area contributed by atoms with Gasteiger partial charge in [-0.05, 0) is 42.2 Å². The molecule has 4 atom stereocenters. The molecule has 1 N–H and O–H groups in total. The lowest BCUT2D eigenvalue weighted by Gasteiger charge is -2.35. The second-order valence-corrected chi connectivity index (χ2v) is 10.3. The van der Waals surface area contributed by atoms with E-state index in [0.717, 1.165) is 17.3 Å². The van der Waals surface area contributed by atoms with E-state index in [-0.39, 0.29) is 23.1 Å². The molecule has 148 valence electrons. The SMILES string of the molecule is C[N+](C)(C)C1C2CCC1C(OC(=O)C(O)(c1cccs1)c1cccs1)C2.[Br-]. The van der Waals surface area contributed by atoms with Crippen LogP contribution in [-0.2, 0) is 15.1 Å². The number of thiophene rings is 2. The molecule has 0 spiro atoms. The Morgan fingerprint density at radius 2 is 1.74 bits per heavy atom. The number of nitrogens with zero attached hydrogens (tertiary/aromatic N) is 1. The van der Waals surface area contributed by atoms with Crippen molar-refractivity contribution >= 4 is 28.6 Å². The second kappa shape index (κ2) is 7.59. The van der Waals surface area contributed by atoms with E-state index in [4.69, 9.17) is 4.74 Å². The molecule has 4 nitrogen and oxygen atoms in total. The molecule has 0 aromatic carbocycles. The summed E-state index contributed by atoms with van der Waals surface area (Å²) in [6, 6.07) is 7.86. The number of hydrogen-bond acceptors (Lipinski definition) is 5. The molecule has 2 bridgehead atoms. The van der Waals surface area contributed by atoms with Crippen LogP contribution < -0.4 is 17.0 Å². The first kappa shape index (κ1) is 21.0. The van der Waals surface area contributed by atoms with E-state index in [1.807, 2.05) is 22.9 Å². The average Bonchev–Trinajstić information content (AvgIpc) is 3.36. The quantitative estimate of drug-likeness (QED) is 0.509. The van der Waals surface area contributed by atoms with Crippen molar-refractivity contribution in [3.8, 4) is 0 Å². The molecule has 27 heavy (non-hydrogen) atoms. The molecular weight excluding hydrogens is 446 g/mol. The Kier molecular flexibility index (Phi) is 5.90. The predicted molar refractivity (Wildman–Crippen MR) is 104 cm³/mol. The van der Waals surface area contributed by atoms with Crippen LogP contribution in [0.2, 0.25) is 0 Å². The Bertz CT molecular complexity index is 736. The first-order valence-corrected chi connectivity index (χ1v) is 10.9. The van der Waals surface area contributed by atoms with Gasteiger partial charge in [0, 0.05) is 11.8 Å². The normalized spacial score (nSPS) is 27.4. The molecule has 0 radical (unpaired) electrons. The molecule has 0 saturated heterocycles. The molecule has 2 aliphatic carbocycles. The highest BCUT2D eigenvalue weighted by Crippen LogP contribution is 2.50. The molecule has 0 amide bonds. The number of carbonyl (C=O) groups excluding carboxylic acids is 1. The lowest BCUT2D eigenvalue weighted by molar-refractivity contribution is -0.900. The zero-order valence-electron chi connectivity index (χ0n) is 15.8. The summed E-state index contributed by atoms with van der Waals surface area (Å²) in [6.45, 7) is 0. The summed E-state index contributed by atoms with van der Waals surface area (Å²) in [5.41, 5.74) is -1.70. The monoisotopic (exact) mass is 471 g/mol. The number of ether oxygens (including phenoxy) is 1. The number of rotatable bonds is 5. The molecular formula is C20H26BrNO3S2. The van der Waals surface area contributed by atoms with Crippen molar-refractivity contribution in [2.45, 2.75) is 37.0 Å². The molecule has 4 unspecified atom stereocenters. The molecule has 2 aromatic rings. The number of quaternary nitrogens is 1. The van der Waals surface area contributed by atoms with E-state index < -0.39 is 11.6 Å². The van der Waals surface area contributed by atoms with Gasteiger partial charge in [-0.1, -0.05) is 12.1 Å². The Hall–Kier alpha value is -0.730. The van der Waals surface area contributed by atoms with Gasteiger partial charge in [-0.3, -0.25) is 0 Å². The summed E-state index contributed by atoms with van der Waals surface area (Å²) < 4.78 is 6.90. The summed E-state index contributed by atoms with van der Waals surface area (Å²) in [4.78, 5) is 14.4. The molecule has 2 aliphatic rings. The van der Waals surface area contributed by atoms with Crippen LogP contribution in [0.15, 0.2) is 35.0 Å². The van der Waals surface area contributed by atoms with E-state index in [1.165, 1.54) is 29.1 Å². The van der Waals surface area contributed by atoms with Crippen molar-refractivity contribution in [3.05, 3.63) is 44.8 Å². The minimum atomic E-state index is -1.70. The van der Waals surface area contributed by atoms with E-state index in [2.05, 4.69) is 21.1 Å². The lowest BCUT2D eigenvalue weighted by Crippen LogP contribution is -3.00. The van der Waals surface area contributed by atoms with Crippen LogP contribution in [-0.4, -0.2) is 48.8 Å². The van der Waals surface area contributed by atoms with Gasteiger partial charge in [-0.15, -0.1) is 22.7 Å². The molecule has 7 heteroatoms. The Balaban J connectivity index is 0.00000210. The van der Waals surface area contributed by atoms with E-state index in [0.29, 0.717) is 27.6 Å². The molecule has 0 aliphatic heterocycles. The number of carbonyl (C=O) groups is 1. The zero-order chi connectivity index (χ0) is 18.5. The van der Waals surface area contributed by atoms with Gasteiger partial charge in [0.05, 0.1) is 36.9 Å². The van der Waals surface area contributed by atoms with Gasteiger partial charge in [0.1, 0.15) is 6.10 Å². The Morgan fingerprint density at radius 3 is 2.19 bits per heavy atom. The number of fused-ring (bicyclic) bond motifs is 2. The summed E-state index contributed by atoms with van der Waals surface area (Å²) in [5.74, 6) is 0.467. The van der Waals surface area contributed by atoms with Gasteiger partial charge < -0.3 is 31.3 Å². The fourth-order valence-corrected chi connectivity index (χ4v) is 6.80. The van der Waals surface area contributed by atoms with Crippen molar-refractivity contribution in [1.29, 1.82) is 0 Å². The highest BCUT2D eigenvalue weighted by atomic mass is 79.9.